The molecule has 2 rings (SSSR count). The van der Waals surface area contributed by atoms with Gasteiger partial charge in [0.1, 0.15) is 11.8 Å². The lowest BCUT2D eigenvalue weighted by Crippen LogP contribution is -2.28. The first-order valence-corrected chi connectivity index (χ1v) is 5.78. The van der Waals surface area contributed by atoms with E-state index in [2.05, 4.69) is 10.1 Å². The van der Waals surface area contributed by atoms with Gasteiger partial charge in [0.05, 0.1) is 0 Å². The third kappa shape index (κ3) is 4.13. The van der Waals surface area contributed by atoms with Crippen molar-refractivity contribution in [2.75, 3.05) is 5.32 Å². The van der Waals surface area contributed by atoms with Crippen molar-refractivity contribution < 1.29 is 27.8 Å². The number of hydrogen-bond acceptors (Lipinski definition) is 3. The van der Waals surface area contributed by atoms with E-state index in [1.54, 1.807) is 18.2 Å². The van der Waals surface area contributed by atoms with E-state index >= 15 is 0 Å². The Morgan fingerprint density at radius 2 is 1.67 bits per heavy atom. The normalized spacial score (nSPS) is 11.0. The summed E-state index contributed by atoms with van der Waals surface area (Å²) in [6.45, 7) is 0. The molecule has 0 spiro atoms. The van der Waals surface area contributed by atoms with Crippen LogP contribution in [0.2, 0.25) is 0 Å². The molecule has 0 aromatic heterocycles. The van der Waals surface area contributed by atoms with Crippen molar-refractivity contribution in [2.24, 2.45) is 0 Å². The third-order valence-electron chi connectivity index (χ3n) is 2.56. The van der Waals surface area contributed by atoms with Crippen LogP contribution in [-0.2, 0) is 0 Å². The van der Waals surface area contributed by atoms with Gasteiger partial charge in [-0.3, -0.25) is 0 Å². The standard InChI is InChI=1S/C14H10F3NO3/c15-14(16,17)21-10-7-5-9(6-8-10)11-3-1-2-4-12(11)18-13(19)20/h1-8,18H,(H,19,20)/p-1. The van der Waals surface area contributed by atoms with Crippen molar-refractivity contribution >= 4 is 11.8 Å². The third-order valence-corrected chi connectivity index (χ3v) is 2.56. The van der Waals surface area contributed by atoms with Gasteiger partial charge in [-0.15, -0.1) is 13.2 Å². The van der Waals surface area contributed by atoms with Crippen LogP contribution in [0.1, 0.15) is 0 Å². The predicted molar refractivity (Wildman–Crippen MR) is 67.6 cm³/mol. The second kappa shape index (κ2) is 5.74. The Hall–Kier alpha value is -2.70. The molecule has 0 saturated carbocycles. The lowest BCUT2D eigenvalue weighted by atomic mass is 10.0. The molecule has 1 N–H and O–H groups in total. The lowest BCUT2D eigenvalue weighted by molar-refractivity contribution is -0.274. The first kappa shape index (κ1) is 14.7. The Kier molecular flexibility index (Phi) is 4.02. The summed E-state index contributed by atoms with van der Waals surface area (Å²) in [6, 6.07) is 11.5. The number of benzene rings is 2. The molecule has 21 heavy (non-hydrogen) atoms. The largest absolute Gasteiger partial charge is 0.573 e. The molecule has 110 valence electrons. The van der Waals surface area contributed by atoms with Crippen molar-refractivity contribution in [3.8, 4) is 16.9 Å². The summed E-state index contributed by atoms with van der Waals surface area (Å²) in [6.07, 6.45) is -6.23. The number of anilines is 1. The number of nitrogens with one attached hydrogen (secondary N) is 1. The first-order chi connectivity index (χ1) is 9.85. The predicted octanol–water partition coefficient (Wildman–Crippen LogP) is 3.01. The molecule has 0 aliphatic rings. The summed E-state index contributed by atoms with van der Waals surface area (Å²) in [5, 5.41) is 12.7. The van der Waals surface area contributed by atoms with Crippen LogP contribution in [0, 0.1) is 0 Å². The molecular formula is C14H9F3NO3-. The Bertz CT molecular complexity index is 639. The van der Waals surface area contributed by atoms with Crippen LogP contribution in [-0.4, -0.2) is 12.5 Å². The minimum absolute atomic E-state index is 0.280. The molecule has 2 aromatic carbocycles. The van der Waals surface area contributed by atoms with Crippen molar-refractivity contribution in [1.29, 1.82) is 0 Å². The maximum Gasteiger partial charge on any atom is 0.573 e. The van der Waals surface area contributed by atoms with Gasteiger partial charge >= 0.3 is 6.36 Å². The van der Waals surface area contributed by atoms with E-state index in [-0.39, 0.29) is 11.4 Å². The average Bonchev–Trinajstić information content (AvgIpc) is 2.38. The highest BCUT2D eigenvalue weighted by atomic mass is 19.4. The molecule has 0 fully saturated rings. The van der Waals surface area contributed by atoms with E-state index in [1.807, 2.05) is 0 Å². The molecular weight excluding hydrogens is 287 g/mol. The molecule has 2 aromatic rings. The number of carbonyl (C=O) groups is 1. The highest BCUT2D eigenvalue weighted by Crippen LogP contribution is 2.30. The highest BCUT2D eigenvalue weighted by Gasteiger charge is 2.30. The fraction of sp³-hybridized carbons (Fsp3) is 0.0714. The zero-order chi connectivity index (χ0) is 15.5. The summed E-state index contributed by atoms with van der Waals surface area (Å²) in [5.74, 6) is -0.350. The maximum absolute atomic E-state index is 12.1. The molecule has 0 aliphatic heterocycles. The Morgan fingerprint density at radius 1 is 1.05 bits per heavy atom. The monoisotopic (exact) mass is 296 g/mol. The zero-order valence-electron chi connectivity index (χ0n) is 10.5. The van der Waals surface area contributed by atoms with E-state index in [4.69, 9.17) is 0 Å². The van der Waals surface area contributed by atoms with E-state index in [9.17, 15) is 23.1 Å². The minimum atomic E-state index is -4.75. The van der Waals surface area contributed by atoms with Crippen LogP contribution in [0.5, 0.6) is 5.75 Å². The fourth-order valence-corrected chi connectivity index (χ4v) is 1.79. The number of amides is 1. The molecule has 7 heteroatoms. The number of carbonyl (C=O) groups excluding carboxylic acids is 1. The van der Waals surface area contributed by atoms with Gasteiger partial charge in [0.15, 0.2) is 0 Å². The van der Waals surface area contributed by atoms with E-state index in [0.717, 1.165) is 12.1 Å². The van der Waals surface area contributed by atoms with Crippen LogP contribution >= 0.6 is 0 Å². The van der Waals surface area contributed by atoms with E-state index in [1.165, 1.54) is 18.2 Å². The average molecular weight is 296 g/mol. The number of halogens is 3. The number of ether oxygens (including phenoxy) is 1. The topological polar surface area (TPSA) is 61.4 Å². The van der Waals surface area contributed by atoms with Crippen LogP contribution in [0.15, 0.2) is 48.5 Å². The van der Waals surface area contributed by atoms with Gasteiger partial charge in [-0.05, 0) is 23.8 Å². The van der Waals surface area contributed by atoms with Gasteiger partial charge in [-0.2, -0.15) is 0 Å². The fourth-order valence-electron chi connectivity index (χ4n) is 1.79. The minimum Gasteiger partial charge on any atom is -0.530 e. The Morgan fingerprint density at radius 3 is 2.24 bits per heavy atom. The quantitative estimate of drug-likeness (QED) is 0.947. The van der Waals surface area contributed by atoms with Gasteiger partial charge in [0.2, 0.25) is 0 Å². The molecule has 0 atom stereocenters. The number of hydrogen-bond donors (Lipinski definition) is 1. The van der Waals surface area contributed by atoms with Gasteiger partial charge in [0, 0.05) is 11.3 Å². The smallest absolute Gasteiger partial charge is 0.530 e. The summed E-state index contributed by atoms with van der Waals surface area (Å²) in [5.41, 5.74) is 1.33. The molecule has 0 saturated heterocycles. The van der Waals surface area contributed by atoms with Crippen molar-refractivity contribution in [3.63, 3.8) is 0 Å². The summed E-state index contributed by atoms with van der Waals surface area (Å²) in [4.78, 5) is 10.6. The van der Waals surface area contributed by atoms with Gasteiger partial charge in [-0.25, -0.2) is 0 Å². The Balaban J connectivity index is 2.29. The second-order valence-corrected chi connectivity index (χ2v) is 4.03. The number of carboxylic acid groups (broad SMARTS) is 1. The van der Waals surface area contributed by atoms with Crippen molar-refractivity contribution in [1.82, 2.24) is 0 Å². The molecule has 0 radical (unpaired) electrons. The molecule has 4 nitrogen and oxygen atoms in total. The van der Waals surface area contributed by atoms with E-state index < -0.39 is 12.5 Å². The van der Waals surface area contributed by atoms with Crippen molar-refractivity contribution in [2.45, 2.75) is 6.36 Å². The Labute approximate surface area is 117 Å². The molecule has 0 heterocycles. The summed E-state index contributed by atoms with van der Waals surface area (Å²) >= 11 is 0. The molecule has 0 aliphatic carbocycles. The van der Waals surface area contributed by atoms with Crippen LogP contribution in [0.3, 0.4) is 0 Å². The second-order valence-electron chi connectivity index (χ2n) is 4.03. The molecule has 0 bridgehead atoms. The van der Waals surface area contributed by atoms with Gasteiger partial charge < -0.3 is 20.0 Å². The van der Waals surface area contributed by atoms with Crippen LogP contribution in [0.25, 0.3) is 11.1 Å². The summed E-state index contributed by atoms with van der Waals surface area (Å²) < 4.78 is 40.0. The SMILES string of the molecule is O=C([O-])Nc1ccccc1-c1ccc(OC(F)(F)F)cc1. The van der Waals surface area contributed by atoms with Crippen molar-refractivity contribution in [3.05, 3.63) is 48.5 Å². The summed E-state index contributed by atoms with van der Waals surface area (Å²) in [7, 11) is 0. The lowest BCUT2D eigenvalue weighted by Gasteiger charge is -2.13. The van der Waals surface area contributed by atoms with Crippen LogP contribution in [0.4, 0.5) is 23.7 Å². The number of para-hydroxylation sites is 1. The zero-order valence-corrected chi connectivity index (χ0v) is 10.5. The van der Waals surface area contributed by atoms with Crippen LogP contribution < -0.4 is 15.2 Å². The maximum atomic E-state index is 12.1. The van der Waals surface area contributed by atoms with Gasteiger partial charge in [-0.1, -0.05) is 30.3 Å². The molecule has 0 unspecified atom stereocenters. The van der Waals surface area contributed by atoms with Gasteiger partial charge in [0.25, 0.3) is 0 Å². The first-order valence-electron chi connectivity index (χ1n) is 5.78. The number of alkyl halides is 3. The van der Waals surface area contributed by atoms with E-state index in [0.29, 0.717) is 11.1 Å². The number of rotatable bonds is 3. The molecule has 1 amide bonds. The highest BCUT2D eigenvalue weighted by molar-refractivity contribution is 5.89.